The van der Waals surface area contributed by atoms with Crippen LogP contribution in [0.1, 0.15) is 104 Å². The number of rotatable bonds is 7. The SMILES string of the molecule is C[C@H]1CCCN(Cc2cc3c(c(C4CC4)n2)CN(c2cccc([C@@H](c4nncn4C)C4CCC4)c2)C3O)C1. The van der Waals surface area contributed by atoms with E-state index >= 15 is 0 Å². The van der Waals surface area contributed by atoms with E-state index in [1.807, 2.05) is 7.05 Å². The summed E-state index contributed by atoms with van der Waals surface area (Å²) in [5.74, 6) is 3.18. The van der Waals surface area contributed by atoms with Crippen LogP contribution in [0.25, 0.3) is 0 Å². The van der Waals surface area contributed by atoms with Gasteiger partial charge in [-0.15, -0.1) is 10.2 Å². The molecule has 7 nitrogen and oxygen atoms in total. The van der Waals surface area contributed by atoms with Crippen molar-refractivity contribution in [1.82, 2.24) is 24.6 Å². The van der Waals surface area contributed by atoms with Crippen LogP contribution in [0, 0.1) is 11.8 Å². The molecule has 1 aromatic carbocycles. The minimum absolute atomic E-state index is 0.237. The van der Waals surface area contributed by atoms with E-state index in [2.05, 4.69) is 61.8 Å². The van der Waals surface area contributed by atoms with E-state index in [1.54, 1.807) is 6.33 Å². The summed E-state index contributed by atoms with van der Waals surface area (Å²) in [4.78, 5) is 9.94. The van der Waals surface area contributed by atoms with Crippen molar-refractivity contribution in [3.63, 3.8) is 0 Å². The first-order chi connectivity index (χ1) is 18.5. The summed E-state index contributed by atoms with van der Waals surface area (Å²) in [7, 11) is 2.04. The molecule has 38 heavy (non-hydrogen) atoms. The summed E-state index contributed by atoms with van der Waals surface area (Å²) in [6.45, 7) is 6.26. The van der Waals surface area contributed by atoms with Gasteiger partial charge in [0.05, 0.1) is 5.69 Å². The first-order valence-electron chi connectivity index (χ1n) is 14.7. The molecule has 3 atom stereocenters. The van der Waals surface area contributed by atoms with Crippen LogP contribution in [0.4, 0.5) is 5.69 Å². The predicted molar refractivity (Wildman–Crippen MR) is 148 cm³/mol. The van der Waals surface area contributed by atoms with Crippen molar-refractivity contribution < 1.29 is 5.11 Å². The van der Waals surface area contributed by atoms with Crippen molar-refractivity contribution in [3.05, 3.63) is 70.6 Å². The second-order valence-corrected chi connectivity index (χ2v) is 12.4. The van der Waals surface area contributed by atoms with E-state index in [0.717, 1.165) is 54.9 Å². The molecule has 200 valence electrons. The number of aromatic nitrogens is 4. The van der Waals surface area contributed by atoms with Gasteiger partial charge in [-0.25, -0.2) is 0 Å². The Labute approximate surface area is 225 Å². The zero-order valence-electron chi connectivity index (χ0n) is 22.8. The van der Waals surface area contributed by atoms with Crippen LogP contribution in [-0.4, -0.2) is 42.8 Å². The lowest BCUT2D eigenvalue weighted by atomic mass is 9.72. The third-order valence-corrected chi connectivity index (χ3v) is 9.44. The van der Waals surface area contributed by atoms with Crippen molar-refractivity contribution in [2.45, 2.75) is 83.0 Å². The number of aryl methyl sites for hydroxylation is 1. The van der Waals surface area contributed by atoms with Crippen LogP contribution < -0.4 is 4.90 Å². The number of piperidine rings is 1. The molecule has 4 heterocycles. The van der Waals surface area contributed by atoms with E-state index in [4.69, 9.17) is 4.98 Å². The molecule has 7 heteroatoms. The average Bonchev–Trinajstić information content (AvgIpc) is 3.57. The summed E-state index contributed by atoms with van der Waals surface area (Å²) in [6.07, 6.45) is 9.94. The third-order valence-electron chi connectivity index (χ3n) is 9.44. The van der Waals surface area contributed by atoms with Gasteiger partial charge >= 0.3 is 0 Å². The summed E-state index contributed by atoms with van der Waals surface area (Å²) in [5.41, 5.74) is 7.03. The lowest BCUT2D eigenvalue weighted by Crippen LogP contribution is -2.34. The second-order valence-electron chi connectivity index (χ2n) is 12.4. The smallest absolute Gasteiger partial charge is 0.154 e. The van der Waals surface area contributed by atoms with Gasteiger partial charge in [0.2, 0.25) is 0 Å². The standard InChI is InChI=1S/C31H40N6O/c1-20-6-5-13-36(16-20)17-24-15-26-27(29(33-24)22-11-12-22)18-37(31(26)38)25-10-4-9-23(14-25)28(21-7-3-8-21)30-34-32-19-35(30)2/h4,9-10,14-15,19-22,28,31,38H,3,5-8,11-13,16-18H2,1-2H3/t20-,28-,31?/m0/s1. The van der Waals surface area contributed by atoms with Crippen LogP contribution >= 0.6 is 0 Å². The lowest BCUT2D eigenvalue weighted by Gasteiger charge is -2.34. The number of aliphatic hydroxyl groups is 1. The van der Waals surface area contributed by atoms with Gasteiger partial charge in [-0.1, -0.05) is 25.5 Å². The van der Waals surface area contributed by atoms with Gasteiger partial charge in [0, 0.05) is 61.0 Å². The Hall–Kier alpha value is -2.77. The highest BCUT2D eigenvalue weighted by Gasteiger charge is 2.38. The van der Waals surface area contributed by atoms with Gasteiger partial charge in [-0.3, -0.25) is 9.88 Å². The zero-order valence-corrected chi connectivity index (χ0v) is 22.8. The fourth-order valence-electron chi connectivity index (χ4n) is 7.04. The molecule has 3 aromatic rings. The minimum atomic E-state index is -0.642. The number of pyridine rings is 1. The number of fused-ring (bicyclic) bond motifs is 1. The molecule has 2 aliphatic heterocycles. The molecule has 7 rings (SSSR count). The maximum absolute atomic E-state index is 11.7. The molecule has 0 bridgehead atoms. The van der Waals surface area contributed by atoms with E-state index in [-0.39, 0.29) is 5.92 Å². The normalized spacial score (nSPS) is 24.9. The zero-order chi connectivity index (χ0) is 25.8. The van der Waals surface area contributed by atoms with E-state index < -0.39 is 6.23 Å². The number of likely N-dealkylation sites (tertiary alicyclic amines) is 1. The average molecular weight is 513 g/mol. The van der Waals surface area contributed by atoms with Gasteiger partial charge in [-0.05, 0) is 80.7 Å². The Morgan fingerprint density at radius 1 is 1.08 bits per heavy atom. The molecule has 2 aliphatic carbocycles. The van der Waals surface area contributed by atoms with E-state index in [1.165, 1.54) is 61.8 Å². The van der Waals surface area contributed by atoms with Crippen molar-refractivity contribution >= 4 is 5.69 Å². The predicted octanol–water partition coefficient (Wildman–Crippen LogP) is 5.26. The number of benzene rings is 1. The van der Waals surface area contributed by atoms with Crippen molar-refractivity contribution in [1.29, 1.82) is 0 Å². The summed E-state index contributed by atoms with van der Waals surface area (Å²) >= 11 is 0. The van der Waals surface area contributed by atoms with Gasteiger partial charge in [0.1, 0.15) is 12.2 Å². The summed E-state index contributed by atoms with van der Waals surface area (Å²) < 4.78 is 2.06. The number of anilines is 1. The number of aliphatic hydroxyl groups excluding tert-OH is 1. The molecule has 0 spiro atoms. The van der Waals surface area contributed by atoms with E-state index in [0.29, 0.717) is 11.8 Å². The quantitative estimate of drug-likeness (QED) is 0.466. The summed E-state index contributed by atoms with van der Waals surface area (Å²) in [6, 6.07) is 11.0. The number of hydrogen-bond acceptors (Lipinski definition) is 6. The highest BCUT2D eigenvalue weighted by atomic mass is 16.3. The molecule has 3 fully saturated rings. The highest BCUT2D eigenvalue weighted by Crippen LogP contribution is 2.47. The van der Waals surface area contributed by atoms with Crippen molar-refractivity contribution in [3.8, 4) is 0 Å². The maximum atomic E-state index is 11.7. The first-order valence-corrected chi connectivity index (χ1v) is 14.7. The van der Waals surface area contributed by atoms with Crippen molar-refractivity contribution in [2.75, 3.05) is 18.0 Å². The fraction of sp³-hybridized carbons (Fsp3) is 0.581. The monoisotopic (exact) mass is 512 g/mol. The molecule has 2 saturated carbocycles. The largest absolute Gasteiger partial charge is 0.369 e. The lowest BCUT2D eigenvalue weighted by molar-refractivity contribution is 0.173. The van der Waals surface area contributed by atoms with Crippen LogP contribution in [0.3, 0.4) is 0 Å². The molecule has 1 unspecified atom stereocenters. The topological polar surface area (TPSA) is 70.3 Å². The van der Waals surface area contributed by atoms with Crippen molar-refractivity contribution in [2.24, 2.45) is 18.9 Å². The molecule has 0 radical (unpaired) electrons. The molecule has 1 N–H and O–H groups in total. The Balaban J connectivity index is 1.19. The third kappa shape index (κ3) is 4.43. The molecule has 1 saturated heterocycles. The van der Waals surface area contributed by atoms with Gasteiger partial charge < -0.3 is 14.6 Å². The van der Waals surface area contributed by atoms with Crippen LogP contribution in [-0.2, 0) is 20.1 Å². The van der Waals surface area contributed by atoms with Gasteiger partial charge in [0.25, 0.3) is 0 Å². The minimum Gasteiger partial charge on any atom is -0.369 e. The molecular formula is C31H40N6O. The Morgan fingerprint density at radius 2 is 1.95 bits per heavy atom. The molecule has 0 amide bonds. The second kappa shape index (κ2) is 9.76. The number of hydrogen-bond donors (Lipinski definition) is 1. The highest BCUT2D eigenvalue weighted by molar-refractivity contribution is 5.57. The maximum Gasteiger partial charge on any atom is 0.154 e. The van der Waals surface area contributed by atoms with Gasteiger partial charge in [0.15, 0.2) is 6.23 Å². The fourth-order valence-corrected chi connectivity index (χ4v) is 7.04. The number of nitrogens with zero attached hydrogens (tertiary/aromatic N) is 6. The molecular weight excluding hydrogens is 472 g/mol. The van der Waals surface area contributed by atoms with Gasteiger partial charge in [-0.2, -0.15) is 0 Å². The Morgan fingerprint density at radius 3 is 2.66 bits per heavy atom. The van der Waals surface area contributed by atoms with E-state index in [9.17, 15) is 5.11 Å². The van der Waals surface area contributed by atoms with Crippen LogP contribution in [0.2, 0.25) is 0 Å². The summed E-state index contributed by atoms with van der Waals surface area (Å²) in [5, 5.41) is 20.4. The van der Waals surface area contributed by atoms with Crippen LogP contribution in [0.15, 0.2) is 36.7 Å². The molecule has 4 aliphatic rings. The Bertz CT molecular complexity index is 1310. The molecule has 2 aromatic heterocycles. The van der Waals surface area contributed by atoms with Crippen LogP contribution in [0.5, 0.6) is 0 Å². The Kier molecular flexibility index (Phi) is 6.24. The first kappa shape index (κ1) is 24.3.